The maximum Gasteiger partial charge on any atom is 0.150 e. The molecule has 2 rings (SSSR count). The molecule has 1 heterocycles. The lowest BCUT2D eigenvalue weighted by Gasteiger charge is -2.03. The zero-order chi connectivity index (χ0) is 8.72. The van der Waals surface area contributed by atoms with Crippen LogP contribution in [-0.2, 0) is 6.54 Å². The van der Waals surface area contributed by atoms with Crippen LogP contribution in [0.5, 0.6) is 0 Å². The van der Waals surface area contributed by atoms with E-state index < -0.39 is 0 Å². The van der Waals surface area contributed by atoms with Gasteiger partial charge in [-0.3, -0.25) is 0 Å². The van der Waals surface area contributed by atoms with E-state index in [4.69, 9.17) is 17.3 Å². The number of rotatable bonds is 2. The van der Waals surface area contributed by atoms with Gasteiger partial charge in [0.2, 0.25) is 0 Å². The largest absolute Gasteiger partial charge is 0.333 e. The first-order chi connectivity index (χ1) is 5.74. The van der Waals surface area contributed by atoms with Gasteiger partial charge in [-0.05, 0) is 13.3 Å². The van der Waals surface area contributed by atoms with Gasteiger partial charge in [0.15, 0.2) is 5.15 Å². The number of imidazole rings is 1. The number of nitrogens with two attached hydrogens (primary N) is 1. The standard InChI is InChI=1S/C8H12ClN3/c1-2-12-4-11-8(9)7(12)5-3-6(5)10/h4-6H,2-3,10H2,1H3. The van der Waals surface area contributed by atoms with Crippen molar-refractivity contribution in [2.75, 3.05) is 0 Å². The van der Waals surface area contributed by atoms with Gasteiger partial charge >= 0.3 is 0 Å². The Kier molecular flexibility index (Phi) is 1.85. The van der Waals surface area contributed by atoms with Crippen LogP contribution >= 0.6 is 11.6 Å². The summed E-state index contributed by atoms with van der Waals surface area (Å²) in [6.07, 6.45) is 2.83. The minimum atomic E-state index is 0.296. The lowest BCUT2D eigenvalue weighted by Crippen LogP contribution is -2.05. The Hall–Kier alpha value is -0.540. The normalized spacial score (nSPS) is 27.6. The maximum absolute atomic E-state index is 5.94. The van der Waals surface area contributed by atoms with Gasteiger partial charge in [0, 0.05) is 18.5 Å². The first-order valence-electron chi connectivity index (χ1n) is 4.20. The Morgan fingerprint density at radius 2 is 2.50 bits per heavy atom. The molecule has 0 saturated heterocycles. The van der Waals surface area contributed by atoms with Gasteiger partial charge in [-0.2, -0.15) is 0 Å². The number of hydrogen-bond donors (Lipinski definition) is 1. The van der Waals surface area contributed by atoms with Crippen molar-refractivity contribution in [2.24, 2.45) is 5.73 Å². The van der Waals surface area contributed by atoms with Gasteiger partial charge in [-0.25, -0.2) is 4.98 Å². The van der Waals surface area contributed by atoms with E-state index in [0.717, 1.165) is 18.7 Å². The average Bonchev–Trinajstić information content (AvgIpc) is 2.62. The predicted octanol–water partition coefficient (Wildman–Crippen LogP) is 1.37. The van der Waals surface area contributed by atoms with E-state index in [1.54, 1.807) is 6.33 Å². The highest BCUT2D eigenvalue weighted by Gasteiger charge is 2.38. The van der Waals surface area contributed by atoms with Crippen LogP contribution in [0.15, 0.2) is 6.33 Å². The van der Waals surface area contributed by atoms with Crippen molar-refractivity contribution < 1.29 is 0 Å². The average molecular weight is 186 g/mol. The van der Waals surface area contributed by atoms with E-state index in [1.165, 1.54) is 0 Å². The van der Waals surface area contributed by atoms with Crippen molar-refractivity contribution in [2.45, 2.75) is 31.8 Å². The summed E-state index contributed by atoms with van der Waals surface area (Å²) in [5, 5.41) is 0.620. The lowest BCUT2D eigenvalue weighted by atomic mass is 10.3. The Bertz CT molecular complexity index is 294. The molecule has 3 nitrogen and oxygen atoms in total. The molecule has 0 aliphatic heterocycles. The predicted molar refractivity (Wildman–Crippen MR) is 48.2 cm³/mol. The highest BCUT2D eigenvalue weighted by molar-refractivity contribution is 6.30. The first kappa shape index (κ1) is 8.08. The highest BCUT2D eigenvalue weighted by atomic mass is 35.5. The van der Waals surface area contributed by atoms with Gasteiger partial charge < -0.3 is 10.3 Å². The molecule has 2 unspecified atom stereocenters. The third kappa shape index (κ3) is 1.13. The second kappa shape index (κ2) is 2.75. The van der Waals surface area contributed by atoms with E-state index in [9.17, 15) is 0 Å². The Morgan fingerprint density at radius 3 is 3.00 bits per heavy atom. The molecule has 1 aliphatic carbocycles. The molecule has 0 radical (unpaired) electrons. The van der Waals surface area contributed by atoms with Gasteiger partial charge in [-0.15, -0.1) is 0 Å². The van der Waals surface area contributed by atoms with E-state index in [0.29, 0.717) is 17.1 Å². The summed E-state index contributed by atoms with van der Waals surface area (Å²) in [7, 11) is 0. The molecule has 2 N–H and O–H groups in total. The van der Waals surface area contributed by atoms with Crippen LogP contribution in [0.2, 0.25) is 5.15 Å². The highest BCUT2D eigenvalue weighted by Crippen LogP contribution is 2.41. The number of halogens is 1. The molecular formula is C8H12ClN3. The van der Waals surface area contributed by atoms with Crippen LogP contribution in [0.1, 0.15) is 25.0 Å². The third-order valence-corrected chi connectivity index (χ3v) is 2.65. The van der Waals surface area contributed by atoms with Crippen LogP contribution in [0, 0.1) is 0 Å². The van der Waals surface area contributed by atoms with E-state index in [-0.39, 0.29) is 0 Å². The quantitative estimate of drug-likeness (QED) is 0.757. The number of nitrogens with zero attached hydrogens (tertiary/aromatic N) is 2. The summed E-state index contributed by atoms with van der Waals surface area (Å²) in [4.78, 5) is 4.06. The molecule has 1 aromatic rings. The number of aryl methyl sites for hydroxylation is 1. The van der Waals surface area contributed by atoms with E-state index in [1.807, 2.05) is 0 Å². The molecule has 0 bridgehead atoms. The fourth-order valence-electron chi connectivity index (χ4n) is 1.51. The maximum atomic E-state index is 5.94. The van der Waals surface area contributed by atoms with Gasteiger partial charge in [0.1, 0.15) is 0 Å². The molecule has 4 heteroatoms. The van der Waals surface area contributed by atoms with Crippen LogP contribution in [0.25, 0.3) is 0 Å². The smallest absolute Gasteiger partial charge is 0.150 e. The molecule has 1 aromatic heterocycles. The Morgan fingerprint density at radius 1 is 1.83 bits per heavy atom. The first-order valence-corrected chi connectivity index (χ1v) is 4.58. The molecule has 1 aliphatic rings. The van der Waals surface area contributed by atoms with Crippen molar-refractivity contribution in [3.63, 3.8) is 0 Å². The molecular weight excluding hydrogens is 174 g/mol. The SMILES string of the molecule is CCn1cnc(Cl)c1C1CC1N. The summed E-state index contributed by atoms with van der Waals surface area (Å²) >= 11 is 5.94. The Labute approximate surface area is 76.5 Å². The van der Waals surface area contributed by atoms with E-state index in [2.05, 4.69) is 16.5 Å². The van der Waals surface area contributed by atoms with Crippen molar-refractivity contribution in [3.05, 3.63) is 17.2 Å². The summed E-state index contributed by atoms with van der Waals surface area (Å²) in [5.41, 5.74) is 6.87. The van der Waals surface area contributed by atoms with Crippen LogP contribution < -0.4 is 5.73 Å². The lowest BCUT2D eigenvalue weighted by molar-refractivity contribution is 0.708. The van der Waals surface area contributed by atoms with Crippen molar-refractivity contribution >= 4 is 11.6 Å². The molecule has 0 spiro atoms. The summed E-state index contributed by atoms with van der Waals surface area (Å²) in [6.45, 7) is 2.99. The second-order valence-corrected chi connectivity index (χ2v) is 3.57. The van der Waals surface area contributed by atoms with Crippen molar-refractivity contribution in [1.82, 2.24) is 9.55 Å². The topological polar surface area (TPSA) is 43.8 Å². The van der Waals surface area contributed by atoms with Crippen LogP contribution in [-0.4, -0.2) is 15.6 Å². The second-order valence-electron chi connectivity index (χ2n) is 3.21. The molecule has 1 fully saturated rings. The van der Waals surface area contributed by atoms with Crippen LogP contribution in [0.4, 0.5) is 0 Å². The minimum Gasteiger partial charge on any atom is -0.333 e. The van der Waals surface area contributed by atoms with E-state index >= 15 is 0 Å². The molecule has 0 aromatic carbocycles. The number of aromatic nitrogens is 2. The zero-order valence-corrected chi connectivity index (χ0v) is 7.75. The van der Waals surface area contributed by atoms with Gasteiger partial charge in [0.05, 0.1) is 12.0 Å². The molecule has 12 heavy (non-hydrogen) atoms. The van der Waals surface area contributed by atoms with Gasteiger partial charge in [0.25, 0.3) is 0 Å². The monoisotopic (exact) mass is 185 g/mol. The van der Waals surface area contributed by atoms with Crippen molar-refractivity contribution in [1.29, 1.82) is 0 Å². The fraction of sp³-hybridized carbons (Fsp3) is 0.625. The molecule has 2 atom stereocenters. The van der Waals surface area contributed by atoms with Gasteiger partial charge in [-0.1, -0.05) is 11.6 Å². The summed E-state index contributed by atoms with van der Waals surface area (Å²) in [6, 6.07) is 0.296. The fourth-order valence-corrected chi connectivity index (χ4v) is 1.81. The molecule has 0 amide bonds. The summed E-state index contributed by atoms with van der Waals surface area (Å²) < 4.78 is 2.07. The summed E-state index contributed by atoms with van der Waals surface area (Å²) in [5.74, 6) is 0.444. The molecule has 66 valence electrons. The van der Waals surface area contributed by atoms with Crippen LogP contribution in [0.3, 0.4) is 0 Å². The zero-order valence-electron chi connectivity index (χ0n) is 7.00. The number of hydrogen-bond acceptors (Lipinski definition) is 2. The third-order valence-electron chi connectivity index (χ3n) is 2.36. The Balaban J connectivity index is 2.33. The van der Waals surface area contributed by atoms with Crippen molar-refractivity contribution in [3.8, 4) is 0 Å². The molecule has 1 saturated carbocycles. The minimum absolute atomic E-state index is 0.296.